The van der Waals surface area contributed by atoms with Crippen molar-refractivity contribution in [2.45, 2.75) is 32.4 Å². The monoisotopic (exact) mass is 465 g/mol. The summed E-state index contributed by atoms with van der Waals surface area (Å²) in [5, 5.41) is 4.30. The molecule has 0 radical (unpaired) electrons. The van der Waals surface area contributed by atoms with Crippen molar-refractivity contribution in [3.63, 3.8) is 0 Å². The lowest BCUT2D eigenvalue weighted by Crippen LogP contribution is -2.21. The third-order valence-electron chi connectivity index (χ3n) is 5.13. The fourth-order valence-corrected chi connectivity index (χ4v) is 3.36. The molecule has 0 bridgehead atoms. The molecule has 0 N–H and O–H groups in total. The molecule has 176 valence electrons. The first kappa shape index (κ1) is 22.9. The maximum absolute atomic E-state index is 12.8. The Kier molecular flexibility index (Phi) is 6.81. The van der Waals surface area contributed by atoms with Crippen LogP contribution in [0.15, 0.2) is 52.3 Å². The Morgan fingerprint density at radius 2 is 2.00 bits per heavy atom. The standard InChI is InChI=1S/C23H23N5O6/c1-14(22-26-21(27-34-22)15-6-4-8-24-12-15)33-20(29)7-5-9-28-13-25-17-11-19(32-3)18(31-2)10-16(17)23(28)30/h4,6,8,10-14H,5,7,9H2,1-3H3. The van der Waals surface area contributed by atoms with Gasteiger partial charge in [0.05, 0.1) is 31.4 Å². The van der Waals surface area contributed by atoms with Crippen LogP contribution in [0.3, 0.4) is 0 Å². The van der Waals surface area contributed by atoms with E-state index < -0.39 is 12.1 Å². The Bertz CT molecular complexity index is 1350. The molecule has 1 unspecified atom stereocenters. The highest BCUT2D eigenvalue weighted by Crippen LogP contribution is 2.29. The van der Waals surface area contributed by atoms with E-state index in [1.807, 2.05) is 0 Å². The second-order valence-electron chi connectivity index (χ2n) is 7.40. The number of aromatic nitrogens is 5. The van der Waals surface area contributed by atoms with E-state index in [4.69, 9.17) is 18.7 Å². The number of pyridine rings is 1. The average Bonchev–Trinajstić information content (AvgIpc) is 3.36. The summed E-state index contributed by atoms with van der Waals surface area (Å²) in [7, 11) is 3.02. The van der Waals surface area contributed by atoms with Gasteiger partial charge in [-0.15, -0.1) is 0 Å². The third kappa shape index (κ3) is 4.87. The molecule has 4 aromatic rings. The van der Waals surface area contributed by atoms with Gasteiger partial charge in [0.25, 0.3) is 11.4 Å². The number of carbonyl (C=O) groups is 1. The van der Waals surface area contributed by atoms with E-state index in [1.54, 1.807) is 43.6 Å². The van der Waals surface area contributed by atoms with Gasteiger partial charge < -0.3 is 18.7 Å². The fraction of sp³-hybridized carbons (Fsp3) is 0.304. The van der Waals surface area contributed by atoms with Crippen LogP contribution in [-0.2, 0) is 16.1 Å². The van der Waals surface area contributed by atoms with Crippen molar-refractivity contribution in [2.75, 3.05) is 14.2 Å². The van der Waals surface area contributed by atoms with Gasteiger partial charge in [0.2, 0.25) is 5.82 Å². The van der Waals surface area contributed by atoms with Gasteiger partial charge in [0.1, 0.15) is 0 Å². The quantitative estimate of drug-likeness (QED) is 0.340. The molecule has 0 aliphatic rings. The normalized spacial score (nSPS) is 11.9. The maximum atomic E-state index is 12.8. The summed E-state index contributed by atoms with van der Waals surface area (Å²) in [5.41, 5.74) is 0.959. The zero-order chi connectivity index (χ0) is 24.1. The molecular formula is C23H23N5O6. The minimum atomic E-state index is -0.710. The van der Waals surface area contributed by atoms with Gasteiger partial charge in [-0.05, 0) is 31.5 Å². The molecule has 4 rings (SSSR count). The maximum Gasteiger partial charge on any atom is 0.306 e. The highest BCUT2D eigenvalue weighted by molar-refractivity contribution is 5.81. The van der Waals surface area contributed by atoms with Crippen LogP contribution >= 0.6 is 0 Å². The van der Waals surface area contributed by atoms with Crippen LogP contribution < -0.4 is 15.0 Å². The lowest BCUT2D eigenvalue weighted by Gasteiger charge is -2.11. The number of ether oxygens (including phenoxy) is 3. The molecule has 3 aromatic heterocycles. The van der Waals surface area contributed by atoms with Crippen LogP contribution in [0.1, 0.15) is 31.8 Å². The van der Waals surface area contributed by atoms with E-state index >= 15 is 0 Å². The average molecular weight is 465 g/mol. The minimum Gasteiger partial charge on any atom is -0.493 e. The molecule has 0 aliphatic carbocycles. The number of hydrogen-bond acceptors (Lipinski definition) is 10. The second-order valence-corrected chi connectivity index (χ2v) is 7.40. The van der Waals surface area contributed by atoms with Crippen LogP contribution in [0, 0.1) is 0 Å². The Balaban J connectivity index is 1.35. The lowest BCUT2D eigenvalue weighted by atomic mass is 10.2. The molecule has 0 saturated heterocycles. The molecule has 0 aliphatic heterocycles. The summed E-state index contributed by atoms with van der Waals surface area (Å²) in [5.74, 6) is 1.04. The van der Waals surface area contributed by atoms with Crippen LogP contribution in [0.25, 0.3) is 22.3 Å². The second kappa shape index (κ2) is 10.1. The summed E-state index contributed by atoms with van der Waals surface area (Å²) in [6.45, 7) is 1.95. The van der Waals surface area contributed by atoms with Crippen LogP contribution in [0.2, 0.25) is 0 Å². The van der Waals surface area contributed by atoms with Gasteiger partial charge in [-0.2, -0.15) is 4.98 Å². The largest absolute Gasteiger partial charge is 0.493 e. The predicted molar refractivity (Wildman–Crippen MR) is 120 cm³/mol. The van der Waals surface area contributed by atoms with Crippen LogP contribution in [0.4, 0.5) is 0 Å². The van der Waals surface area contributed by atoms with E-state index in [9.17, 15) is 9.59 Å². The topological polar surface area (TPSA) is 131 Å². The van der Waals surface area contributed by atoms with Gasteiger partial charge >= 0.3 is 5.97 Å². The first-order valence-electron chi connectivity index (χ1n) is 10.5. The highest BCUT2D eigenvalue weighted by Gasteiger charge is 2.19. The summed E-state index contributed by atoms with van der Waals surface area (Å²) in [6.07, 6.45) is 4.48. The molecule has 0 amide bonds. The number of nitrogens with zero attached hydrogens (tertiary/aromatic N) is 5. The van der Waals surface area contributed by atoms with E-state index in [0.29, 0.717) is 46.8 Å². The van der Waals surface area contributed by atoms with E-state index in [2.05, 4.69) is 20.1 Å². The third-order valence-corrected chi connectivity index (χ3v) is 5.13. The molecule has 1 aromatic carbocycles. The van der Waals surface area contributed by atoms with Crippen molar-refractivity contribution in [3.05, 3.63) is 59.2 Å². The molecule has 0 spiro atoms. The zero-order valence-electron chi connectivity index (χ0n) is 18.9. The summed E-state index contributed by atoms with van der Waals surface area (Å²) in [6, 6.07) is 6.81. The van der Waals surface area contributed by atoms with Crippen molar-refractivity contribution in [1.82, 2.24) is 24.7 Å². The molecule has 11 heteroatoms. The van der Waals surface area contributed by atoms with Crippen molar-refractivity contribution in [1.29, 1.82) is 0 Å². The summed E-state index contributed by atoms with van der Waals surface area (Å²) in [4.78, 5) is 37.7. The van der Waals surface area contributed by atoms with E-state index in [1.165, 1.54) is 25.1 Å². The number of esters is 1. The van der Waals surface area contributed by atoms with Gasteiger partial charge in [0, 0.05) is 37.0 Å². The number of fused-ring (bicyclic) bond motifs is 1. The number of methoxy groups -OCH3 is 2. The Hall–Kier alpha value is -4.28. The van der Waals surface area contributed by atoms with Gasteiger partial charge in [-0.1, -0.05) is 5.16 Å². The molecule has 0 saturated carbocycles. The first-order valence-corrected chi connectivity index (χ1v) is 10.5. The molecule has 0 fully saturated rings. The van der Waals surface area contributed by atoms with Crippen molar-refractivity contribution < 1.29 is 23.5 Å². The molecule has 34 heavy (non-hydrogen) atoms. The van der Waals surface area contributed by atoms with Crippen molar-refractivity contribution in [2.24, 2.45) is 0 Å². The summed E-state index contributed by atoms with van der Waals surface area (Å²) < 4.78 is 22.6. The number of carbonyl (C=O) groups excluding carboxylic acids is 1. The zero-order valence-corrected chi connectivity index (χ0v) is 18.9. The van der Waals surface area contributed by atoms with Crippen molar-refractivity contribution >= 4 is 16.9 Å². The van der Waals surface area contributed by atoms with Crippen LogP contribution in [-0.4, -0.2) is 44.9 Å². The van der Waals surface area contributed by atoms with Crippen molar-refractivity contribution in [3.8, 4) is 22.9 Å². The predicted octanol–water partition coefficient (Wildman–Crippen LogP) is 2.94. The smallest absolute Gasteiger partial charge is 0.306 e. The Morgan fingerprint density at radius 1 is 1.21 bits per heavy atom. The van der Waals surface area contributed by atoms with Gasteiger partial charge in [0.15, 0.2) is 17.6 Å². The molecule has 1 atom stereocenters. The van der Waals surface area contributed by atoms with Crippen LogP contribution in [0.5, 0.6) is 11.5 Å². The molecule has 3 heterocycles. The van der Waals surface area contributed by atoms with Gasteiger partial charge in [-0.25, -0.2) is 4.98 Å². The lowest BCUT2D eigenvalue weighted by molar-refractivity contribution is -0.149. The van der Waals surface area contributed by atoms with Gasteiger partial charge in [-0.3, -0.25) is 19.1 Å². The number of aryl methyl sites for hydroxylation is 1. The van der Waals surface area contributed by atoms with E-state index in [-0.39, 0.29) is 17.9 Å². The minimum absolute atomic E-state index is 0.102. The molecular weight excluding hydrogens is 442 g/mol. The Labute approximate surface area is 194 Å². The number of rotatable bonds is 9. The first-order chi connectivity index (χ1) is 16.5. The molecule has 11 nitrogen and oxygen atoms in total. The SMILES string of the molecule is COc1cc2ncn(CCCC(=O)OC(C)c3nc(-c4cccnc4)no3)c(=O)c2cc1OC. The number of hydrogen-bond donors (Lipinski definition) is 0. The summed E-state index contributed by atoms with van der Waals surface area (Å²) >= 11 is 0. The number of benzene rings is 1. The fourth-order valence-electron chi connectivity index (χ4n) is 3.36. The highest BCUT2D eigenvalue weighted by atomic mass is 16.6. The van der Waals surface area contributed by atoms with E-state index in [0.717, 1.165) is 0 Å². The Morgan fingerprint density at radius 3 is 2.74 bits per heavy atom.